The van der Waals surface area contributed by atoms with Gasteiger partial charge < -0.3 is 10.1 Å². The molecule has 0 saturated heterocycles. The summed E-state index contributed by atoms with van der Waals surface area (Å²) in [5, 5.41) is 3.14. The van der Waals surface area contributed by atoms with Gasteiger partial charge in [0.2, 0.25) is 0 Å². The van der Waals surface area contributed by atoms with E-state index in [2.05, 4.69) is 26.1 Å². The fraction of sp³-hybridized carbons (Fsp3) is 1.00. The van der Waals surface area contributed by atoms with Crippen molar-refractivity contribution in [1.29, 1.82) is 0 Å². The fourth-order valence-electron chi connectivity index (χ4n) is 1.04. The number of hydrogen-bond donors (Lipinski definition) is 1. The van der Waals surface area contributed by atoms with Gasteiger partial charge in [-0.05, 0) is 45.7 Å². The highest BCUT2D eigenvalue weighted by Gasteiger charge is 2.05. The van der Waals surface area contributed by atoms with Crippen LogP contribution in [0, 0.1) is 5.92 Å². The molecule has 0 saturated carbocycles. The van der Waals surface area contributed by atoms with Crippen molar-refractivity contribution in [2.24, 2.45) is 5.92 Å². The summed E-state index contributed by atoms with van der Waals surface area (Å²) in [6, 6.07) is 0. The lowest BCUT2D eigenvalue weighted by molar-refractivity contribution is 0.0332. The molecule has 13 heavy (non-hydrogen) atoms. The van der Waals surface area contributed by atoms with E-state index in [9.17, 15) is 0 Å². The Hall–Kier alpha value is -0.0800. The average Bonchev–Trinajstić information content (AvgIpc) is 2.10. The van der Waals surface area contributed by atoms with Crippen LogP contribution in [0.4, 0.5) is 0 Å². The second-order valence-corrected chi connectivity index (χ2v) is 3.98. The van der Waals surface area contributed by atoms with Gasteiger partial charge in [-0.3, -0.25) is 0 Å². The summed E-state index contributed by atoms with van der Waals surface area (Å²) in [5.74, 6) is 0.636. The third kappa shape index (κ3) is 8.26. The molecule has 0 heterocycles. The van der Waals surface area contributed by atoms with Crippen LogP contribution in [0.2, 0.25) is 0 Å². The molecule has 0 spiro atoms. The first-order valence-electron chi connectivity index (χ1n) is 5.44. The van der Waals surface area contributed by atoms with Gasteiger partial charge in [0.25, 0.3) is 0 Å². The lowest BCUT2D eigenvalue weighted by Gasteiger charge is -2.16. The van der Waals surface area contributed by atoms with Crippen molar-refractivity contribution in [1.82, 2.24) is 5.32 Å². The zero-order chi connectivity index (χ0) is 10.1. The Kier molecular flexibility index (Phi) is 8.46. The van der Waals surface area contributed by atoms with Crippen molar-refractivity contribution in [2.45, 2.75) is 46.1 Å². The summed E-state index contributed by atoms with van der Waals surface area (Å²) in [6.07, 6.45) is 4.13. The molecule has 0 aromatic carbocycles. The van der Waals surface area contributed by atoms with Crippen LogP contribution in [0.5, 0.6) is 0 Å². The third-order valence-electron chi connectivity index (χ3n) is 2.39. The Labute approximate surface area is 83.1 Å². The van der Waals surface area contributed by atoms with Crippen LogP contribution in [0.3, 0.4) is 0 Å². The molecule has 1 atom stereocenters. The summed E-state index contributed by atoms with van der Waals surface area (Å²) < 4.78 is 5.66. The summed E-state index contributed by atoms with van der Waals surface area (Å²) in [6.45, 7) is 8.60. The number of rotatable bonds is 8. The van der Waals surface area contributed by atoms with Crippen LogP contribution in [-0.2, 0) is 4.74 Å². The van der Waals surface area contributed by atoms with Crippen molar-refractivity contribution in [2.75, 3.05) is 20.2 Å². The Morgan fingerprint density at radius 2 is 1.77 bits per heavy atom. The minimum absolute atomic E-state index is 0.407. The Morgan fingerprint density at radius 3 is 2.31 bits per heavy atom. The van der Waals surface area contributed by atoms with E-state index in [0.29, 0.717) is 12.0 Å². The lowest BCUT2D eigenvalue weighted by atomic mass is 10.1. The maximum atomic E-state index is 5.66. The number of unbranched alkanes of at least 4 members (excludes halogenated alkanes) is 2. The molecule has 2 heteroatoms. The molecular weight excluding hydrogens is 162 g/mol. The predicted octanol–water partition coefficient (Wildman–Crippen LogP) is 2.44. The van der Waals surface area contributed by atoms with Gasteiger partial charge >= 0.3 is 0 Å². The molecule has 0 bridgehead atoms. The molecule has 80 valence electrons. The smallest absolute Gasteiger partial charge is 0.0569 e. The van der Waals surface area contributed by atoms with Crippen LogP contribution in [0.1, 0.15) is 40.0 Å². The maximum absolute atomic E-state index is 5.66. The lowest BCUT2D eigenvalue weighted by Crippen LogP contribution is -2.16. The van der Waals surface area contributed by atoms with E-state index in [-0.39, 0.29) is 0 Å². The molecule has 1 unspecified atom stereocenters. The van der Waals surface area contributed by atoms with Gasteiger partial charge in [-0.1, -0.05) is 13.8 Å². The zero-order valence-corrected chi connectivity index (χ0v) is 9.60. The zero-order valence-electron chi connectivity index (χ0n) is 9.60. The molecule has 0 aliphatic carbocycles. The highest BCUT2D eigenvalue weighted by molar-refractivity contribution is 4.54. The van der Waals surface area contributed by atoms with E-state index in [1.54, 1.807) is 0 Å². The van der Waals surface area contributed by atoms with Crippen LogP contribution in [-0.4, -0.2) is 26.3 Å². The van der Waals surface area contributed by atoms with E-state index >= 15 is 0 Å². The quantitative estimate of drug-likeness (QED) is 0.589. The second-order valence-electron chi connectivity index (χ2n) is 3.98. The Balaban J connectivity index is 3.07. The molecule has 2 nitrogen and oxygen atoms in total. The molecule has 0 amide bonds. The third-order valence-corrected chi connectivity index (χ3v) is 2.39. The van der Waals surface area contributed by atoms with Crippen LogP contribution in [0.15, 0.2) is 0 Å². The van der Waals surface area contributed by atoms with E-state index in [4.69, 9.17) is 4.74 Å². The SMILES string of the molecule is CNCCCCCOC(C)C(C)C. The first kappa shape index (κ1) is 12.9. The van der Waals surface area contributed by atoms with Crippen molar-refractivity contribution in [3.8, 4) is 0 Å². The molecule has 0 aliphatic rings. The van der Waals surface area contributed by atoms with E-state index in [1.165, 1.54) is 19.3 Å². The van der Waals surface area contributed by atoms with E-state index in [0.717, 1.165) is 13.2 Å². The second kappa shape index (κ2) is 8.52. The van der Waals surface area contributed by atoms with Crippen molar-refractivity contribution >= 4 is 0 Å². The number of nitrogens with one attached hydrogen (secondary N) is 1. The standard InChI is InChI=1S/C11H25NO/c1-10(2)11(3)13-9-7-5-6-8-12-4/h10-12H,5-9H2,1-4H3. The molecule has 0 rings (SSSR count). The van der Waals surface area contributed by atoms with Crippen LogP contribution >= 0.6 is 0 Å². The van der Waals surface area contributed by atoms with E-state index in [1.807, 2.05) is 7.05 Å². The molecule has 1 N–H and O–H groups in total. The Morgan fingerprint density at radius 1 is 1.08 bits per heavy atom. The van der Waals surface area contributed by atoms with Gasteiger partial charge in [0, 0.05) is 6.61 Å². The van der Waals surface area contributed by atoms with Crippen molar-refractivity contribution in [3.05, 3.63) is 0 Å². The predicted molar refractivity (Wildman–Crippen MR) is 58.0 cm³/mol. The first-order chi connectivity index (χ1) is 6.18. The number of hydrogen-bond acceptors (Lipinski definition) is 2. The molecule has 0 radical (unpaired) electrons. The fourth-order valence-corrected chi connectivity index (χ4v) is 1.04. The van der Waals surface area contributed by atoms with Crippen molar-refractivity contribution in [3.63, 3.8) is 0 Å². The Bertz CT molecular complexity index is 104. The van der Waals surface area contributed by atoms with E-state index < -0.39 is 0 Å². The molecular formula is C11H25NO. The van der Waals surface area contributed by atoms with Crippen LogP contribution < -0.4 is 5.32 Å². The van der Waals surface area contributed by atoms with Crippen molar-refractivity contribution < 1.29 is 4.74 Å². The summed E-state index contributed by atoms with van der Waals surface area (Å²) in [5.41, 5.74) is 0. The monoisotopic (exact) mass is 187 g/mol. The molecule has 0 aromatic heterocycles. The van der Waals surface area contributed by atoms with Gasteiger partial charge in [0.1, 0.15) is 0 Å². The summed E-state index contributed by atoms with van der Waals surface area (Å²) in [7, 11) is 2.00. The minimum atomic E-state index is 0.407. The minimum Gasteiger partial charge on any atom is -0.378 e. The summed E-state index contributed by atoms with van der Waals surface area (Å²) in [4.78, 5) is 0. The number of ether oxygens (including phenoxy) is 1. The normalized spacial score (nSPS) is 13.6. The molecule has 0 fully saturated rings. The van der Waals surface area contributed by atoms with Gasteiger partial charge in [0.05, 0.1) is 6.10 Å². The highest BCUT2D eigenvalue weighted by Crippen LogP contribution is 2.06. The van der Waals surface area contributed by atoms with Gasteiger partial charge in [-0.25, -0.2) is 0 Å². The molecule has 0 aromatic rings. The van der Waals surface area contributed by atoms with Gasteiger partial charge in [-0.2, -0.15) is 0 Å². The highest BCUT2D eigenvalue weighted by atomic mass is 16.5. The van der Waals surface area contributed by atoms with Gasteiger partial charge in [0.15, 0.2) is 0 Å². The molecule has 0 aliphatic heterocycles. The topological polar surface area (TPSA) is 21.3 Å². The average molecular weight is 187 g/mol. The summed E-state index contributed by atoms with van der Waals surface area (Å²) >= 11 is 0. The van der Waals surface area contributed by atoms with Crippen LogP contribution in [0.25, 0.3) is 0 Å². The maximum Gasteiger partial charge on any atom is 0.0569 e. The first-order valence-corrected chi connectivity index (χ1v) is 5.44. The van der Waals surface area contributed by atoms with Gasteiger partial charge in [-0.15, -0.1) is 0 Å². The largest absolute Gasteiger partial charge is 0.378 e.